The van der Waals surface area contributed by atoms with Crippen LogP contribution in [-0.2, 0) is 9.59 Å². The van der Waals surface area contributed by atoms with Crippen LogP contribution in [0.15, 0.2) is 78.9 Å². The maximum Gasteiger partial charge on any atom is 0.295 e. The van der Waals surface area contributed by atoms with Crippen molar-refractivity contribution < 1.29 is 14.7 Å². The van der Waals surface area contributed by atoms with Gasteiger partial charge < -0.3 is 10.0 Å². The number of hydrogen-bond donors (Lipinski definition) is 1. The van der Waals surface area contributed by atoms with Crippen molar-refractivity contribution in [2.24, 2.45) is 0 Å². The van der Waals surface area contributed by atoms with Gasteiger partial charge in [-0.05, 0) is 5.56 Å². The normalized spacial score (nSPS) is 19.5. The molecule has 1 saturated heterocycles. The number of nitrogens with zero attached hydrogens (tertiary/aromatic N) is 1. The smallest absolute Gasteiger partial charge is 0.295 e. The molecule has 0 bridgehead atoms. The first-order valence-corrected chi connectivity index (χ1v) is 7.65. The molecule has 4 heteroatoms. The standard InChI is InChI=1S/C20H17NO3/c1-2-13-21-17(14-9-5-3-6-10-14)16(19(23)20(21)24)18(22)15-11-7-4-8-12-15/h2-12,17,22H,1,13H2/t17-/m0/s1. The number of carbonyl (C=O) groups is 2. The van der Waals surface area contributed by atoms with Crippen molar-refractivity contribution in [2.75, 3.05) is 6.54 Å². The molecule has 1 aliphatic rings. The monoisotopic (exact) mass is 319 g/mol. The highest BCUT2D eigenvalue weighted by molar-refractivity contribution is 6.46. The second-order valence-corrected chi connectivity index (χ2v) is 5.52. The van der Waals surface area contributed by atoms with E-state index in [9.17, 15) is 14.7 Å². The summed E-state index contributed by atoms with van der Waals surface area (Å²) in [6.07, 6.45) is 1.57. The quantitative estimate of drug-likeness (QED) is 0.407. The van der Waals surface area contributed by atoms with Crippen molar-refractivity contribution in [3.8, 4) is 0 Å². The Bertz CT molecular complexity index is 809. The lowest BCUT2D eigenvalue weighted by atomic mass is 9.95. The number of aliphatic hydroxyl groups is 1. The van der Waals surface area contributed by atoms with Gasteiger partial charge in [-0.15, -0.1) is 6.58 Å². The van der Waals surface area contributed by atoms with Crippen LogP contribution in [0.25, 0.3) is 5.76 Å². The average molecular weight is 319 g/mol. The second-order valence-electron chi connectivity index (χ2n) is 5.52. The molecule has 0 unspecified atom stereocenters. The van der Waals surface area contributed by atoms with E-state index in [2.05, 4.69) is 6.58 Å². The summed E-state index contributed by atoms with van der Waals surface area (Å²) in [5, 5.41) is 10.7. The third-order valence-corrected chi connectivity index (χ3v) is 4.03. The van der Waals surface area contributed by atoms with Gasteiger partial charge in [-0.2, -0.15) is 0 Å². The van der Waals surface area contributed by atoms with E-state index in [1.54, 1.807) is 30.3 Å². The Morgan fingerprint density at radius 3 is 2.21 bits per heavy atom. The number of amides is 1. The van der Waals surface area contributed by atoms with Gasteiger partial charge in [-0.1, -0.05) is 66.7 Å². The number of benzene rings is 2. The number of ketones is 1. The van der Waals surface area contributed by atoms with Crippen molar-refractivity contribution in [3.05, 3.63) is 90.0 Å². The molecule has 1 N–H and O–H groups in total. The van der Waals surface area contributed by atoms with Crippen LogP contribution >= 0.6 is 0 Å². The average Bonchev–Trinajstić information content (AvgIpc) is 2.88. The predicted molar refractivity (Wildman–Crippen MR) is 92.1 cm³/mol. The van der Waals surface area contributed by atoms with Gasteiger partial charge in [0.05, 0.1) is 11.6 Å². The zero-order valence-electron chi connectivity index (χ0n) is 13.1. The molecule has 1 heterocycles. The first-order valence-electron chi connectivity index (χ1n) is 7.65. The fourth-order valence-electron chi connectivity index (χ4n) is 2.94. The first-order chi connectivity index (χ1) is 11.6. The molecule has 1 fully saturated rings. The van der Waals surface area contributed by atoms with Crippen molar-refractivity contribution in [3.63, 3.8) is 0 Å². The molecule has 4 nitrogen and oxygen atoms in total. The van der Waals surface area contributed by atoms with E-state index in [1.807, 2.05) is 36.4 Å². The topological polar surface area (TPSA) is 57.6 Å². The Labute approximate surface area is 140 Å². The third-order valence-electron chi connectivity index (χ3n) is 4.03. The number of likely N-dealkylation sites (tertiary alicyclic amines) is 1. The van der Waals surface area contributed by atoms with Gasteiger partial charge in [-0.3, -0.25) is 9.59 Å². The van der Waals surface area contributed by atoms with Crippen LogP contribution in [0.5, 0.6) is 0 Å². The number of carbonyl (C=O) groups excluding carboxylic acids is 2. The minimum atomic E-state index is -0.674. The van der Waals surface area contributed by atoms with Crippen LogP contribution in [0.4, 0.5) is 0 Å². The highest BCUT2D eigenvalue weighted by Crippen LogP contribution is 2.38. The van der Waals surface area contributed by atoms with Gasteiger partial charge in [0.15, 0.2) is 0 Å². The molecule has 1 aliphatic heterocycles. The summed E-state index contributed by atoms with van der Waals surface area (Å²) in [6.45, 7) is 3.89. The molecule has 3 rings (SSSR count). The Balaban J connectivity index is 2.20. The van der Waals surface area contributed by atoms with Crippen molar-refractivity contribution in [2.45, 2.75) is 6.04 Å². The lowest BCUT2D eigenvalue weighted by Gasteiger charge is -2.24. The minimum Gasteiger partial charge on any atom is -0.507 e. The zero-order valence-corrected chi connectivity index (χ0v) is 13.1. The summed E-state index contributed by atoms with van der Waals surface area (Å²) in [5.74, 6) is -1.46. The summed E-state index contributed by atoms with van der Waals surface area (Å²) in [7, 11) is 0. The maximum absolute atomic E-state index is 12.5. The predicted octanol–water partition coefficient (Wildman–Crippen LogP) is 3.29. The summed E-state index contributed by atoms with van der Waals surface area (Å²) in [4.78, 5) is 26.4. The summed E-state index contributed by atoms with van der Waals surface area (Å²) < 4.78 is 0. The molecule has 1 amide bonds. The van der Waals surface area contributed by atoms with Crippen LogP contribution in [-0.4, -0.2) is 28.2 Å². The van der Waals surface area contributed by atoms with E-state index in [1.165, 1.54) is 4.90 Å². The Morgan fingerprint density at radius 2 is 1.62 bits per heavy atom. The van der Waals surface area contributed by atoms with E-state index >= 15 is 0 Å². The van der Waals surface area contributed by atoms with Crippen LogP contribution in [0.3, 0.4) is 0 Å². The molecule has 1 atom stereocenters. The minimum absolute atomic E-state index is 0.110. The first kappa shape index (κ1) is 15.7. The molecule has 120 valence electrons. The van der Waals surface area contributed by atoms with E-state index in [-0.39, 0.29) is 17.9 Å². The zero-order chi connectivity index (χ0) is 17.1. The summed E-state index contributed by atoms with van der Waals surface area (Å²) in [5.41, 5.74) is 1.39. The third kappa shape index (κ3) is 2.63. The van der Waals surface area contributed by atoms with Crippen LogP contribution in [0, 0.1) is 0 Å². The Morgan fingerprint density at radius 1 is 1.04 bits per heavy atom. The van der Waals surface area contributed by atoms with Gasteiger partial charge in [0, 0.05) is 12.1 Å². The van der Waals surface area contributed by atoms with E-state index < -0.39 is 17.7 Å². The van der Waals surface area contributed by atoms with Crippen molar-refractivity contribution in [1.82, 2.24) is 4.90 Å². The fourth-order valence-corrected chi connectivity index (χ4v) is 2.94. The lowest BCUT2D eigenvalue weighted by molar-refractivity contribution is -0.139. The van der Waals surface area contributed by atoms with Gasteiger partial charge >= 0.3 is 0 Å². The SMILES string of the molecule is C=CCN1C(=O)C(=O)C(=C(O)c2ccccc2)[C@@H]1c1ccccc1. The van der Waals surface area contributed by atoms with E-state index in [0.29, 0.717) is 5.56 Å². The van der Waals surface area contributed by atoms with Crippen molar-refractivity contribution >= 4 is 17.4 Å². The van der Waals surface area contributed by atoms with Gasteiger partial charge in [-0.25, -0.2) is 0 Å². The lowest BCUT2D eigenvalue weighted by Crippen LogP contribution is -2.29. The molecule has 0 aromatic heterocycles. The molecule has 24 heavy (non-hydrogen) atoms. The van der Waals surface area contributed by atoms with Crippen LogP contribution < -0.4 is 0 Å². The van der Waals surface area contributed by atoms with Gasteiger partial charge in [0.1, 0.15) is 5.76 Å². The summed E-state index contributed by atoms with van der Waals surface area (Å²) >= 11 is 0. The van der Waals surface area contributed by atoms with Gasteiger partial charge in [0.25, 0.3) is 11.7 Å². The molecule has 0 aliphatic carbocycles. The second kappa shape index (κ2) is 6.54. The molecule has 0 saturated carbocycles. The van der Waals surface area contributed by atoms with E-state index in [0.717, 1.165) is 5.56 Å². The molecule has 0 radical (unpaired) electrons. The van der Waals surface area contributed by atoms with Crippen molar-refractivity contribution in [1.29, 1.82) is 0 Å². The van der Waals surface area contributed by atoms with Crippen LogP contribution in [0.2, 0.25) is 0 Å². The highest BCUT2D eigenvalue weighted by atomic mass is 16.3. The van der Waals surface area contributed by atoms with E-state index in [4.69, 9.17) is 0 Å². The molecular weight excluding hydrogens is 302 g/mol. The maximum atomic E-state index is 12.5. The molecule has 2 aromatic carbocycles. The Hall–Kier alpha value is -3.14. The summed E-state index contributed by atoms with van der Waals surface area (Å²) in [6, 6.07) is 17.4. The highest BCUT2D eigenvalue weighted by Gasteiger charge is 2.45. The molecular formula is C20H17NO3. The van der Waals surface area contributed by atoms with Crippen LogP contribution in [0.1, 0.15) is 17.2 Å². The largest absolute Gasteiger partial charge is 0.507 e. The number of hydrogen-bond acceptors (Lipinski definition) is 3. The molecule has 2 aromatic rings. The fraction of sp³-hybridized carbons (Fsp3) is 0.100. The number of Topliss-reactive ketones (excluding diaryl/α,β-unsaturated/α-hetero) is 1. The number of rotatable bonds is 4. The Kier molecular flexibility index (Phi) is 4.29. The molecule has 0 spiro atoms. The number of aliphatic hydroxyl groups excluding tert-OH is 1. The van der Waals surface area contributed by atoms with Gasteiger partial charge in [0.2, 0.25) is 0 Å².